The molecule has 1 saturated heterocycles. The quantitative estimate of drug-likeness (QED) is 0.908. The van der Waals surface area contributed by atoms with E-state index in [0.717, 1.165) is 30.3 Å². The molecule has 0 radical (unpaired) electrons. The molecule has 1 saturated carbocycles. The van der Waals surface area contributed by atoms with E-state index in [1.54, 1.807) is 0 Å². The standard InChI is InChI=1S/C16H25N3OS.ClH/c17-10-15-18-14(11-21-15)16(20)19-8-4-7-13(19)9-12-5-2-1-3-6-12;/h11-13H,1-10,17H2;1H. The third-order valence-electron chi connectivity index (χ3n) is 4.91. The van der Waals surface area contributed by atoms with Gasteiger partial charge >= 0.3 is 0 Å². The zero-order chi connectivity index (χ0) is 14.7. The lowest BCUT2D eigenvalue weighted by atomic mass is 9.84. The molecule has 4 nitrogen and oxygen atoms in total. The fourth-order valence-electron chi connectivity index (χ4n) is 3.81. The molecule has 22 heavy (non-hydrogen) atoms. The van der Waals surface area contributed by atoms with Crippen molar-refractivity contribution in [3.05, 3.63) is 16.1 Å². The lowest BCUT2D eigenvalue weighted by Gasteiger charge is -2.29. The average molecular weight is 344 g/mol. The van der Waals surface area contributed by atoms with Gasteiger partial charge in [0, 0.05) is 24.5 Å². The first-order valence-corrected chi connectivity index (χ1v) is 9.11. The van der Waals surface area contributed by atoms with Crippen LogP contribution in [0.25, 0.3) is 0 Å². The van der Waals surface area contributed by atoms with Crippen LogP contribution in [0, 0.1) is 5.92 Å². The number of carbonyl (C=O) groups is 1. The first kappa shape index (κ1) is 17.7. The fraction of sp³-hybridized carbons (Fsp3) is 0.750. The second-order valence-corrected chi connectivity index (χ2v) is 7.31. The van der Waals surface area contributed by atoms with Gasteiger partial charge < -0.3 is 10.6 Å². The molecule has 2 N–H and O–H groups in total. The van der Waals surface area contributed by atoms with Crippen molar-refractivity contribution in [3.63, 3.8) is 0 Å². The van der Waals surface area contributed by atoms with E-state index in [1.807, 2.05) is 5.38 Å². The maximum absolute atomic E-state index is 12.7. The highest BCUT2D eigenvalue weighted by atomic mass is 35.5. The molecule has 1 unspecified atom stereocenters. The molecule has 0 spiro atoms. The third kappa shape index (κ3) is 4.00. The Bertz CT molecular complexity index is 487. The highest BCUT2D eigenvalue weighted by Gasteiger charge is 2.32. The summed E-state index contributed by atoms with van der Waals surface area (Å²) < 4.78 is 0. The largest absolute Gasteiger partial charge is 0.334 e. The highest BCUT2D eigenvalue weighted by Crippen LogP contribution is 2.32. The molecule has 3 rings (SSSR count). The summed E-state index contributed by atoms with van der Waals surface area (Å²) in [6, 6.07) is 0.434. The number of amides is 1. The third-order valence-corrected chi connectivity index (χ3v) is 5.78. The van der Waals surface area contributed by atoms with Crippen LogP contribution in [-0.4, -0.2) is 28.4 Å². The zero-order valence-corrected chi connectivity index (χ0v) is 14.6. The number of nitrogens with two attached hydrogens (primary N) is 1. The Hall–Kier alpha value is -0.650. The van der Waals surface area contributed by atoms with Gasteiger partial charge in [0.2, 0.25) is 0 Å². The van der Waals surface area contributed by atoms with Gasteiger partial charge in [-0.15, -0.1) is 23.7 Å². The number of rotatable bonds is 4. The summed E-state index contributed by atoms with van der Waals surface area (Å²) in [4.78, 5) is 19.1. The summed E-state index contributed by atoms with van der Waals surface area (Å²) in [5.74, 6) is 0.941. The molecular weight excluding hydrogens is 318 g/mol. The molecule has 2 heterocycles. The van der Waals surface area contributed by atoms with Crippen LogP contribution in [0.2, 0.25) is 0 Å². The summed E-state index contributed by atoms with van der Waals surface area (Å²) in [5, 5.41) is 2.71. The van der Waals surface area contributed by atoms with Gasteiger partial charge in [-0.05, 0) is 25.2 Å². The van der Waals surface area contributed by atoms with Gasteiger partial charge in [-0.25, -0.2) is 4.98 Å². The maximum Gasteiger partial charge on any atom is 0.273 e. The van der Waals surface area contributed by atoms with Crippen LogP contribution >= 0.6 is 23.7 Å². The molecule has 1 atom stereocenters. The maximum atomic E-state index is 12.7. The lowest BCUT2D eigenvalue weighted by Crippen LogP contribution is -2.37. The second kappa shape index (κ2) is 8.27. The summed E-state index contributed by atoms with van der Waals surface area (Å²) in [7, 11) is 0. The Kier molecular flexibility index (Phi) is 6.66. The van der Waals surface area contributed by atoms with Crippen molar-refractivity contribution >= 4 is 29.7 Å². The van der Waals surface area contributed by atoms with Crippen LogP contribution in [0.15, 0.2) is 5.38 Å². The fourth-order valence-corrected chi connectivity index (χ4v) is 4.45. The normalized spacial score (nSPS) is 22.6. The van der Waals surface area contributed by atoms with E-state index in [9.17, 15) is 4.79 Å². The van der Waals surface area contributed by atoms with Crippen LogP contribution in [-0.2, 0) is 6.54 Å². The van der Waals surface area contributed by atoms with Crippen molar-refractivity contribution in [1.29, 1.82) is 0 Å². The number of hydrogen-bond donors (Lipinski definition) is 1. The molecule has 2 aliphatic rings. The van der Waals surface area contributed by atoms with Crippen LogP contribution in [0.5, 0.6) is 0 Å². The molecule has 1 amide bonds. The van der Waals surface area contributed by atoms with Gasteiger partial charge in [-0.2, -0.15) is 0 Å². The highest BCUT2D eigenvalue weighted by molar-refractivity contribution is 7.09. The average Bonchev–Trinajstić information content (AvgIpc) is 3.16. The van der Waals surface area contributed by atoms with Gasteiger partial charge in [0.25, 0.3) is 5.91 Å². The monoisotopic (exact) mass is 343 g/mol. The van der Waals surface area contributed by atoms with Crippen molar-refractivity contribution in [1.82, 2.24) is 9.88 Å². The van der Waals surface area contributed by atoms with Crippen molar-refractivity contribution in [2.24, 2.45) is 11.7 Å². The smallest absolute Gasteiger partial charge is 0.273 e. The van der Waals surface area contributed by atoms with E-state index in [0.29, 0.717) is 18.3 Å². The molecule has 124 valence electrons. The van der Waals surface area contributed by atoms with Gasteiger partial charge in [0.1, 0.15) is 10.7 Å². The molecule has 1 aromatic rings. The summed E-state index contributed by atoms with van der Waals surface area (Å²) >= 11 is 1.49. The number of likely N-dealkylation sites (tertiary alicyclic amines) is 1. The van der Waals surface area contributed by atoms with E-state index >= 15 is 0 Å². The van der Waals surface area contributed by atoms with Crippen molar-refractivity contribution < 1.29 is 4.79 Å². The predicted molar refractivity (Wildman–Crippen MR) is 92.5 cm³/mol. The lowest BCUT2D eigenvalue weighted by molar-refractivity contribution is 0.0706. The second-order valence-electron chi connectivity index (χ2n) is 6.36. The minimum absolute atomic E-state index is 0. The molecule has 6 heteroatoms. The van der Waals surface area contributed by atoms with E-state index in [4.69, 9.17) is 5.73 Å². The minimum Gasteiger partial charge on any atom is -0.334 e. The molecule has 1 aliphatic carbocycles. The zero-order valence-electron chi connectivity index (χ0n) is 13.0. The number of thiazole rings is 1. The predicted octanol–water partition coefficient (Wildman–Crippen LogP) is 3.60. The van der Waals surface area contributed by atoms with Crippen molar-refractivity contribution in [3.8, 4) is 0 Å². The number of hydrogen-bond acceptors (Lipinski definition) is 4. The topological polar surface area (TPSA) is 59.2 Å². The van der Waals surface area contributed by atoms with Crippen LogP contribution in [0.1, 0.15) is 66.9 Å². The number of aromatic nitrogens is 1. The molecule has 1 aliphatic heterocycles. The number of halogens is 1. The molecular formula is C16H26ClN3OS. The Morgan fingerprint density at radius 2 is 2.05 bits per heavy atom. The molecule has 1 aromatic heterocycles. The van der Waals surface area contributed by atoms with Gasteiger partial charge in [0.05, 0.1) is 0 Å². The van der Waals surface area contributed by atoms with E-state index in [-0.39, 0.29) is 18.3 Å². The summed E-state index contributed by atoms with van der Waals surface area (Å²) in [6.45, 7) is 1.31. The van der Waals surface area contributed by atoms with Crippen molar-refractivity contribution in [2.45, 2.75) is 64.0 Å². The van der Waals surface area contributed by atoms with E-state index < -0.39 is 0 Å². The Morgan fingerprint density at radius 1 is 1.27 bits per heavy atom. The summed E-state index contributed by atoms with van der Waals surface area (Å²) in [5.41, 5.74) is 6.18. The molecule has 0 aromatic carbocycles. The van der Waals surface area contributed by atoms with Gasteiger partial charge in [0.15, 0.2) is 0 Å². The van der Waals surface area contributed by atoms with Gasteiger partial charge in [-0.3, -0.25) is 4.79 Å². The van der Waals surface area contributed by atoms with E-state index in [2.05, 4.69) is 9.88 Å². The van der Waals surface area contributed by atoms with Gasteiger partial charge in [-0.1, -0.05) is 32.1 Å². The van der Waals surface area contributed by atoms with Crippen LogP contribution < -0.4 is 5.73 Å². The first-order chi connectivity index (χ1) is 10.3. The first-order valence-electron chi connectivity index (χ1n) is 8.23. The van der Waals surface area contributed by atoms with Crippen LogP contribution in [0.4, 0.5) is 0 Å². The van der Waals surface area contributed by atoms with Crippen LogP contribution in [0.3, 0.4) is 0 Å². The molecule has 2 fully saturated rings. The Balaban J connectivity index is 0.00000176. The number of nitrogens with zero attached hydrogens (tertiary/aromatic N) is 2. The minimum atomic E-state index is 0. The number of carbonyl (C=O) groups excluding carboxylic acids is 1. The Morgan fingerprint density at radius 3 is 2.73 bits per heavy atom. The van der Waals surface area contributed by atoms with Crippen molar-refractivity contribution in [2.75, 3.05) is 6.54 Å². The SMILES string of the molecule is Cl.NCc1nc(C(=O)N2CCCC2CC2CCCCC2)cs1. The molecule has 0 bridgehead atoms. The summed E-state index contributed by atoms with van der Waals surface area (Å²) in [6.07, 6.45) is 10.3. The van der Waals surface area contributed by atoms with E-state index in [1.165, 1.54) is 49.9 Å². The Labute approximate surface area is 142 Å².